The van der Waals surface area contributed by atoms with Gasteiger partial charge in [-0.15, -0.1) is 0 Å². The number of likely N-dealkylation sites (tertiary alicyclic amines) is 1. The molecule has 0 radical (unpaired) electrons. The summed E-state index contributed by atoms with van der Waals surface area (Å²) >= 11 is 1.94. The molecule has 0 aromatic carbocycles. The SMILES string of the molecule is CO[C@H]1CCCN(CCOI)C1. The molecule has 3 nitrogen and oxygen atoms in total. The van der Waals surface area contributed by atoms with Crippen molar-refractivity contribution in [3.63, 3.8) is 0 Å². The molecular formula is C8H16INO2. The average Bonchev–Trinajstić information content (AvgIpc) is 2.15. The van der Waals surface area contributed by atoms with Gasteiger partial charge in [-0.25, -0.2) is 0 Å². The van der Waals surface area contributed by atoms with Crippen molar-refractivity contribution in [1.29, 1.82) is 0 Å². The minimum Gasteiger partial charge on any atom is -0.380 e. The van der Waals surface area contributed by atoms with Crippen LogP contribution in [-0.4, -0.2) is 44.4 Å². The van der Waals surface area contributed by atoms with Crippen LogP contribution >= 0.6 is 23.0 Å². The summed E-state index contributed by atoms with van der Waals surface area (Å²) in [6.07, 6.45) is 2.89. The molecule has 1 atom stereocenters. The van der Waals surface area contributed by atoms with Gasteiger partial charge < -0.3 is 7.80 Å². The summed E-state index contributed by atoms with van der Waals surface area (Å²) in [4.78, 5) is 2.40. The summed E-state index contributed by atoms with van der Waals surface area (Å²) in [5, 5.41) is 0. The number of halogens is 1. The third-order valence-corrected chi connectivity index (χ3v) is 2.72. The third-order valence-electron chi connectivity index (χ3n) is 2.28. The van der Waals surface area contributed by atoms with Gasteiger partial charge in [-0.1, -0.05) is 0 Å². The zero-order chi connectivity index (χ0) is 8.81. The average molecular weight is 285 g/mol. The molecule has 1 fully saturated rings. The van der Waals surface area contributed by atoms with E-state index in [-0.39, 0.29) is 0 Å². The van der Waals surface area contributed by atoms with Gasteiger partial charge in [-0.05, 0) is 19.4 Å². The van der Waals surface area contributed by atoms with Gasteiger partial charge >= 0.3 is 0 Å². The van der Waals surface area contributed by atoms with Gasteiger partial charge in [0.05, 0.1) is 12.7 Å². The second-order valence-corrected chi connectivity index (χ2v) is 3.74. The molecule has 0 N–H and O–H groups in total. The summed E-state index contributed by atoms with van der Waals surface area (Å²) in [6, 6.07) is 0. The number of methoxy groups -OCH3 is 1. The molecule has 0 saturated carbocycles. The van der Waals surface area contributed by atoms with Gasteiger partial charge in [0, 0.05) is 20.2 Å². The van der Waals surface area contributed by atoms with Gasteiger partial charge in [-0.2, -0.15) is 0 Å². The minimum absolute atomic E-state index is 0.438. The Balaban J connectivity index is 2.16. The highest BCUT2D eigenvalue weighted by Crippen LogP contribution is 2.11. The van der Waals surface area contributed by atoms with Crippen molar-refractivity contribution >= 4 is 23.0 Å². The molecule has 0 spiro atoms. The maximum atomic E-state index is 5.32. The Morgan fingerprint density at radius 3 is 3.08 bits per heavy atom. The fraction of sp³-hybridized carbons (Fsp3) is 1.00. The molecule has 1 rings (SSSR count). The lowest BCUT2D eigenvalue weighted by Crippen LogP contribution is -2.40. The number of ether oxygens (including phenoxy) is 1. The first-order valence-electron chi connectivity index (χ1n) is 4.35. The minimum atomic E-state index is 0.438. The Morgan fingerprint density at radius 1 is 1.58 bits per heavy atom. The molecule has 0 amide bonds. The summed E-state index contributed by atoms with van der Waals surface area (Å²) < 4.78 is 10.3. The van der Waals surface area contributed by atoms with Crippen LogP contribution in [0.2, 0.25) is 0 Å². The van der Waals surface area contributed by atoms with E-state index >= 15 is 0 Å². The van der Waals surface area contributed by atoms with E-state index in [0.29, 0.717) is 6.10 Å². The third kappa shape index (κ3) is 3.55. The van der Waals surface area contributed by atoms with Crippen LogP contribution < -0.4 is 0 Å². The number of piperidine rings is 1. The maximum absolute atomic E-state index is 5.32. The molecule has 0 aromatic heterocycles. The first kappa shape index (κ1) is 10.7. The molecule has 1 aliphatic heterocycles. The predicted octanol–water partition coefficient (Wildman–Crippen LogP) is 1.46. The number of hydrogen-bond acceptors (Lipinski definition) is 3. The molecule has 72 valence electrons. The van der Waals surface area contributed by atoms with Gasteiger partial charge in [0.1, 0.15) is 23.0 Å². The van der Waals surface area contributed by atoms with Crippen LogP contribution in [0.4, 0.5) is 0 Å². The van der Waals surface area contributed by atoms with Crippen LogP contribution in [0.25, 0.3) is 0 Å². The molecule has 4 heteroatoms. The van der Waals surface area contributed by atoms with Crippen molar-refractivity contribution in [2.24, 2.45) is 0 Å². The standard InChI is InChI=1S/C8H16INO2/c1-11-8-3-2-4-10(7-8)5-6-12-9/h8H,2-7H2,1H3/t8-/m0/s1. The largest absolute Gasteiger partial charge is 0.380 e. The molecule has 1 heterocycles. The van der Waals surface area contributed by atoms with Crippen molar-refractivity contribution in [3.8, 4) is 0 Å². The van der Waals surface area contributed by atoms with Crippen LogP contribution in [-0.2, 0) is 7.80 Å². The van der Waals surface area contributed by atoms with Crippen LogP contribution in [0.3, 0.4) is 0 Å². The van der Waals surface area contributed by atoms with Crippen LogP contribution in [0.15, 0.2) is 0 Å². The lowest BCUT2D eigenvalue weighted by Gasteiger charge is -2.31. The topological polar surface area (TPSA) is 21.7 Å². The van der Waals surface area contributed by atoms with Crippen LogP contribution in [0.5, 0.6) is 0 Å². The predicted molar refractivity (Wildman–Crippen MR) is 56.4 cm³/mol. The van der Waals surface area contributed by atoms with E-state index in [4.69, 9.17) is 7.80 Å². The summed E-state index contributed by atoms with van der Waals surface area (Å²) in [6.45, 7) is 4.11. The molecule has 0 bridgehead atoms. The summed E-state index contributed by atoms with van der Waals surface area (Å²) in [5.74, 6) is 0. The van der Waals surface area contributed by atoms with Crippen molar-refractivity contribution < 1.29 is 7.80 Å². The highest BCUT2D eigenvalue weighted by atomic mass is 127. The van der Waals surface area contributed by atoms with Crippen molar-refractivity contribution in [3.05, 3.63) is 0 Å². The van der Waals surface area contributed by atoms with E-state index in [1.54, 1.807) is 7.11 Å². The van der Waals surface area contributed by atoms with Crippen LogP contribution in [0.1, 0.15) is 12.8 Å². The Hall–Kier alpha value is 0.610. The highest BCUT2D eigenvalue weighted by molar-refractivity contribution is 14.1. The molecule has 1 saturated heterocycles. The Labute approximate surface area is 88.1 Å². The molecule has 0 aliphatic carbocycles. The number of nitrogens with zero attached hydrogens (tertiary/aromatic N) is 1. The first-order valence-corrected chi connectivity index (χ1v) is 5.23. The second-order valence-electron chi connectivity index (χ2n) is 3.11. The molecule has 1 aliphatic rings. The normalized spacial score (nSPS) is 26.0. The molecule has 12 heavy (non-hydrogen) atoms. The van der Waals surface area contributed by atoms with Gasteiger partial charge in [0.2, 0.25) is 0 Å². The summed E-state index contributed by atoms with van der Waals surface area (Å²) in [5.41, 5.74) is 0. The van der Waals surface area contributed by atoms with E-state index in [2.05, 4.69) is 4.90 Å². The van der Waals surface area contributed by atoms with Crippen LogP contribution in [0, 0.1) is 0 Å². The second kappa shape index (κ2) is 6.12. The van der Waals surface area contributed by atoms with Gasteiger partial charge in [0.15, 0.2) is 0 Å². The quantitative estimate of drug-likeness (QED) is 0.730. The molecule has 0 aromatic rings. The van der Waals surface area contributed by atoms with E-state index in [0.717, 1.165) is 19.7 Å². The number of rotatable bonds is 4. The first-order chi connectivity index (χ1) is 5.86. The van der Waals surface area contributed by atoms with E-state index in [1.165, 1.54) is 19.4 Å². The lowest BCUT2D eigenvalue weighted by molar-refractivity contribution is 0.0288. The monoisotopic (exact) mass is 285 g/mol. The van der Waals surface area contributed by atoms with E-state index in [1.807, 2.05) is 23.0 Å². The zero-order valence-corrected chi connectivity index (χ0v) is 9.62. The van der Waals surface area contributed by atoms with Crippen molar-refractivity contribution in [1.82, 2.24) is 4.90 Å². The van der Waals surface area contributed by atoms with Crippen molar-refractivity contribution in [2.45, 2.75) is 18.9 Å². The Kier molecular flexibility index (Phi) is 5.45. The number of hydrogen-bond donors (Lipinski definition) is 0. The zero-order valence-electron chi connectivity index (χ0n) is 7.46. The Morgan fingerprint density at radius 2 is 2.42 bits per heavy atom. The lowest BCUT2D eigenvalue weighted by atomic mass is 10.1. The highest BCUT2D eigenvalue weighted by Gasteiger charge is 2.18. The molecule has 0 unspecified atom stereocenters. The smallest absolute Gasteiger partial charge is 0.109 e. The maximum Gasteiger partial charge on any atom is 0.109 e. The van der Waals surface area contributed by atoms with E-state index < -0.39 is 0 Å². The Bertz CT molecular complexity index is 124. The van der Waals surface area contributed by atoms with E-state index in [9.17, 15) is 0 Å². The van der Waals surface area contributed by atoms with Gasteiger partial charge in [-0.3, -0.25) is 4.90 Å². The van der Waals surface area contributed by atoms with Crippen molar-refractivity contribution in [2.75, 3.05) is 33.4 Å². The fourth-order valence-electron chi connectivity index (χ4n) is 1.57. The van der Waals surface area contributed by atoms with Gasteiger partial charge in [0.25, 0.3) is 0 Å². The summed E-state index contributed by atoms with van der Waals surface area (Å²) in [7, 11) is 1.79. The fourth-order valence-corrected chi connectivity index (χ4v) is 1.77. The molecular weight excluding hydrogens is 269 g/mol.